The van der Waals surface area contributed by atoms with Crippen molar-refractivity contribution >= 4 is 33.3 Å². The van der Waals surface area contributed by atoms with E-state index in [1.54, 1.807) is 6.08 Å². The predicted molar refractivity (Wildman–Crippen MR) is 109 cm³/mol. The second-order valence-electron chi connectivity index (χ2n) is 7.38. The van der Waals surface area contributed by atoms with Gasteiger partial charge in [-0.05, 0) is 36.3 Å². The molecule has 1 aliphatic heterocycles. The first-order valence-electron chi connectivity index (χ1n) is 9.51. The molecule has 9 heteroatoms. The van der Waals surface area contributed by atoms with Crippen molar-refractivity contribution in [2.75, 3.05) is 13.1 Å². The minimum absolute atomic E-state index is 0.0245. The monoisotopic (exact) mass is 433 g/mol. The average molecular weight is 433 g/mol. The third kappa shape index (κ3) is 3.60. The number of aliphatic hydroxyl groups excluding tert-OH is 1. The van der Waals surface area contributed by atoms with Crippen LogP contribution in [0.3, 0.4) is 0 Å². The summed E-state index contributed by atoms with van der Waals surface area (Å²) in [6.45, 7) is 4.04. The number of alkyl halides is 3. The number of fused-ring (bicyclic) bond motifs is 3. The first-order chi connectivity index (χ1) is 14.6. The zero-order valence-electron chi connectivity index (χ0n) is 16.3. The molecule has 0 spiro atoms. The summed E-state index contributed by atoms with van der Waals surface area (Å²) in [5, 5.41) is 10.6. The van der Waals surface area contributed by atoms with Crippen molar-refractivity contribution in [3.63, 3.8) is 0 Å². The SMILES string of the molecule is C=CC(=O)N1CCC=C(c2c(F)cc(C(N)O)c3[nH]c4cc(C(F)(F)F)ccc4c23)C1. The first-order valence-corrected chi connectivity index (χ1v) is 9.51. The van der Waals surface area contributed by atoms with Crippen LogP contribution in [-0.2, 0) is 11.0 Å². The van der Waals surface area contributed by atoms with Gasteiger partial charge >= 0.3 is 6.18 Å². The van der Waals surface area contributed by atoms with Gasteiger partial charge in [-0.25, -0.2) is 4.39 Å². The standard InChI is InChI=1S/C22H19F4N3O2/c1-2-17(30)29-7-3-4-11(10-29)18-15(23)9-14(21(27)31)20-19(18)13-6-5-12(22(24,25)26)8-16(13)28-20/h2,4-6,8-9,21,28,31H,1,3,7,10,27H2. The number of amides is 1. The highest BCUT2D eigenvalue weighted by molar-refractivity contribution is 6.13. The fourth-order valence-electron chi connectivity index (χ4n) is 4.04. The third-order valence-electron chi connectivity index (χ3n) is 5.46. The van der Waals surface area contributed by atoms with Crippen molar-refractivity contribution in [1.82, 2.24) is 9.88 Å². The Hall–Kier alpha value is -3.17. The molecule has 1 unspecified atom stereocenters. The summed E-state index contributed by atoms with van der Waals surface area (Å²) in [4.78, 5) is 16.4. The maximum atomic E-state index is 15.3. The Morgan fingerprint density at radius 1 is 1.32 bits per heavy atom. The zero-order chi connectivity index (χ0) is 22.5. The Labute approximate surface area is 174 Å². The van der Waals surface area contributed by atoms with Crippen molar-refractivity contribution in [3.8, 4) is 0 Å². The van der Waals surface area contributed by atoms with Gasteiger partial charge in [-0.1, -0.05) is 18.7 Å². The van der Waals surface area contributed by atoms with Crippen molar-refractivity contribution in [3.05, 3.63) is 65.5 Å². The van der Waals surface area contributed by atoms with Gasteiger partial charge in [0.25, 0.3) is 0 Å². The highest BCUT2D eigenvalue weighted by atomic mass is 19.4. The zero-order valence-corrected chi connectivity index (χ0v) is 16.3. The number of nitrogens with zero attached hydrogens (tertiary/aromatic N) is 1. The van der Waals surface area contributed by atoms with Crippen LogP contribution in [0.2, 0.25) is 0 Å². The molecule has 1 amide bonds. The second kappa shape index (κ2) is 7.51. The molecular weight excluding hydrogens is 414 g/mol. The molecule has 0 bridgehead atoms. The number of aromatic amines is 1. The van der Waals surface area contributed by atoms with Gasteiger partial charge in [0.1, 0.15) is 12.0 Å². The Kier molecular flexibility index (Phi) is 5.10. The van der Waals surface area contributed by atoms with Gasteiger partial charge in [0.15, 0.2) is 0 Å². The molecule has 1 aliphatic rings. The van der Waals surface area contributed by atoms with Crippen LogP contribution >= 0.6 is 0 Å². The van der Waals surface area contributed by atoms with E-state index in [0.717, 1.165) is 18.2 Å². The van der Waals surface area contributed by atoms with Crippen LogP contribution in [0.25, 0.3) is 27.4 Å². The fourth-order valence-corrected chi connectivity index (χ4v) is 4.04. The van der Waals surface area contributed by atoms with Crippen molar-refractivity contribution in [2.24, 2.45) is 5.73 Å². The Bertz CT molecular complexity index is 1240. The number of nitrogens with one attached hydrogen (secondary N) is 1. The normalized spacial score (nSPS) is 15.9. The summed E-state index contributed by atoms with van der Waals surface area (Å²) in [5.74, 6) is -0.989. The minimum atomic E-state index is -4.55. The summed E-state index contributed by atoms with van der Waals surface area (Å²) in [6, 6.07) is 4.19. The number of benzene rings is 2. The van der Waals surface area contributed by atoms with Gasteiger partial charge < -0.3 is 20.7 Å². The average Bonchev–Trinajstić information content (AvgIpc) is 3.10. The van der Waals surface area contributed by atoms with E-state index in [-0.39, 0.29) is 34.6 Å². The highest BCUT2D eigenvalue weighted by Gasteiger charge is 2.31. The smallest absolute Gasteiger partial charge is 0.374 e. The number of aliphatic hydroxyl groups is 1. The van der Waals surface area contributed by atoms with E-state index in [1.165, 1.54) is 17.0 Å². The van der Waals surface area contributed by atoms with Gasteiger partial charge in [0, 0.05) is 40.5 Å². The Morgan fingerprint density at radius 3 is 2.71 bits per heavy atom. The molecule has 2 aromatic carbocycles. The van der Waals surface area contributed by atoms with Crippen molar-refractivity contribution < 1.29 is 27.5 Å². The van der Waals surface area contributed by atoms with E-state index in [4.69, 9.17) is 5.73 Å². The molecule has 0 radical (unpaired) electrons. The topological polar surface area (TPSA) is 82.3 Å². The van der Waals surface area contributed by atoms with Gasteiger partial charge in [0.05, 0.1) is 11.1 Å². The fraction of sp³-hybridized carbons (Fsp3) is 0.227. The molecule has 3 aromatic rings. The lowest BCUT2D eigenvalue weighted by Crippen LogP contribution is -2.34. The molecular formula is C22H19F4N3O2. The van der Waals surface area contributed by atoms with Crippen molar-refractivity contribution in [2.45, 2.75) is 18.8 Å². The largest absolute Gasteiger partial charge is 0.416 e. The molecule has 0 aliphatic carbocycles. The van der Waals surface area contributed by atoms with Crippen LogP contribution in [0, 0.1) is 5.82 Å². The number of hydrogen-bond acceptors (Lipinski definition) is 3. The summed E-state index contributed by atoms with van der Waals surface area (Å²) >= 11 is 0. The number of hydrogen-bond donors (Lipinski definition) is 3. The quantitative estimate of drug-likeness (QED) is 0.329. The summed E-state index contributed by atoms with van der Waals surface area (Å²) in [6.07, 6.45) is -2.63. The van der Waals surface area contributed by atoms with Crippen LogP contribution in [0.4, 0.5) is 17.6 Å². The molecule has 2 heterocycles. The lowest BCUT2D eigenvalue weighted by molar-refractivity contribution is -0.137. The highest BCUT2D eigenvalue weighted by Crippen LogP contribution is 2.40. The molecule has 162 valence electrons. The van der Waals surface area contributed by atoms with E-state index < -0.39 is 23.8 Å². The van der Waals surface area contributed by atoms with Crippen LogP contribution in [0.1, 0.15) is 29.3 Å². The molecule has 1 aromatic heterocycles. The molecule has 5 nitrogen and oxygen atoms in total. The number of nitrogens with two attached hydrogens (primary N) is 1. The second-order valence-corrected chi connectivity index (χ2v) is 7.38. The first kappa shape index (κ1) is 21.1. The molecule has 0 fully saturated rings. The molecule has 0 saturated heterocycles. The number of carbonyl (C=O) groups is 1. The molecule has 4 N–H and O–H groups in total. The van der Waals surface area contributed by atoms with E-state index in [2.05, 4.69) is 11.6 Å². The molecule has 0 saturated carbocycles. The molecule has 4 rings (SSSR count). The van der Waals surface area contributed by atoms with Gasteiger partial charge in [0.2, 0.25) is 5.91 Å². The van der Waals surface area contributed by atoms with E-state index in [1.807, 2.05) is 0 Å². The summed E-state index contributed by atoms with van der Waals surface area (Å²) < 4.78 is 54.8. The molecule has 1 atom stereocenters. The van der Waals surface area contributed by atoms with Crippen LogP contribution in [0.5, 0.6) is 0 Å². The maximum Gasteiger partial charge on any atom is 0.416 e. The maximum absolute atomic E-state index is 15.3. The van der Waals surface area contributed by atoms with E-state index in [0.29, 0.717) is 29.3 Å². The van der Waals surface area contributed by atoms with E-state index >= 15 is 4.39 Å². The number of carbonyl (C=O) groups excluding carboxylic acids is 1. The van der Waals surface area contributed by atoms with Crippen LogP contribution in [-0.4, -0.2) is 34.0 Å². The Morgan fingerprint density at radius 2 is 2.06 bits per heavy atom. The van der Waals surface area contributed by atoms with Crippen molar-refractivity contribution in [1.29, 1.82) is 0 Å². The van der Waals surface area contributed by atoms with Gasteiger partial charge in [-0.15, -0.1) is 0 Å². The predicted octanol–water partition coefficient (Wildman–Crippen LogP) is 4.23. The van der Waals surface area contributed by atoms with Gasteiger partial charge in [-0.2, -0.15) is 13.2 Å². The molecule has 31 heavy (non-hydrogen) atoms. The Balaban J connectivity index is 2.00. The summed E-state index contributed by atoms with van der Waals surface area (Å²) in [5.41, 5.74) is 5.81. The number of halogens is 4. The lowest BCUT2D eigenvalue weighted by atomic mass is 9.93. The number of rotatable bonds is 3. The third-order valence-corrected chi connectivity index (χ3v) is 5.46. The van der Waals surface area contributed by atoms with Crippen LogP contribution in [0.15, 0.2) is 43.0 Å². The van der Waals surface area contributed by atoms with E-state index in [9.17, 15) is 23.1 Å². The van der Waals surface area contributed by atoms with Crippen LogP contribution < -0.4 is 5.73 Å². The van der Waals surface area contributed by atoms with Gasteiger partial charge in [-0.3, -0.25) is 4.79 Å². The summed E-state index contributed by atoms with van der Waals surface area (Å²) in [7, 11) is 0. The lowest BCUT2D eigenvalue weighted by Gasteiger charge is -2.27. The number of aromatic nitrogens is 1. The minimum Gasteiger partial charge on any atom is -0.374 e. The number of H-pyrrole nitrogens is 1.